The van der Waals surface area contributed by atoms with Crippen molar-refractivity contribution in [3.8, 4) is 5.75 Å². The van der Waals surface area contributed by atoms with Crippen LogP contribution >= 0.6 is 11.6 Å². The van der Waals surface area contributed by atoms with Crippen LogP contribution in [0.5, 0.6) is 5.75 Å². The van der Waals surface area contributed by atoms with Gasteiger partial charge in [0.25, 0.3) is 5.91 Å². The van der Waals surface area contributed by atoms with Gasteiger partial charge in [-0.2, -0.15) is 0 Å². The molecule has 0 saturated heterocycles. The Morgan fingerprint density at radius 3 is 2.57 bits per heavy atom. The van der Waals surface area contributed by atoms with Crippen LogP contribution in [0.4, 0.5) is 11.4 Å². The molecule has 0 atom stereocenters. The summed E-state index contributed by atoms with van der Waals surface area (Å²) in [6.07, 6.45) is 0.901. The van der Waals surface area contributed by atoms with Crippen molar-refractivity contribution in [1.29, 1.82) is 0 Å². The third-order valence-electron chi connectivity index (χ3n) is 2.84. The molecule has 0 radical (unpaired) electrons. The van der Waals surface area contributed by atoms with E-state index >= 15 is 0 Å². The molecule has 0 bridgehead atoms. The van der Waals surface area contributed by atoms with E-state index < -0.39 is 0 Å². The largest absolute Gasteiger partial charge is 0.491 e. The van der Waals surface area contributed by atoms with Crippen LogP contribution < -0.4 is 15.8 Å². The van der Waals surface area contributed by atoms with Crippen molar-refractivity contribution in [2.45, 2.75) is 13.3 Å². The van der Waals surface area contributed by atoms with Gasteiger partial charge in [0.15, 0.2) is 0 Å². The van der Waals surface area contributed by atoms with E-state index in [4.69, 9.17) is 22.1 Å². The summed E-state index contributed by atoms with van der Waals surface area (Å²) in [6, 6.07) is 11.9. The average molecular weight is 305 g/mol. The molecule has 0 aliphatic rings. The predicted molar refractivity (Wildman–Crippen MR) is 86.0 cm³/mol. The second-order valence-electron chi connectivity index (χ2n) is 4.56. The van der Waals surface area contributed by atoms with Crippen LogP contribution in [0.1, 0.15) is 23.7 Å². The summed E-state index contributed by atoms with van der Waals surface area (Å²) in [7, 11) is 0. The Bertz CT molecular complexity index is 627. The molecule has 0 aliphatic heterocycles. The summed E-state index contributed by atoms with van der Waals surface area (Å²) < 4.78 is 5.48. The maximum absolute atomic E-state index is 12.1. The minimum atomic E-state index is -0.230. The van der Waals surface area contributed by atoms with Gasteiger partial charge in [-0.1, -0.05) is 18.5 Å². The Labute approximate surface area is 128 Å². The lowest BCUT2D eigenvalue weighted by Gasteiger charge is -2.10. The fraction of sp³-hybridized carbons (Fsp3) is 0.188. The number of anilines is 2. The molecule has 2 aromatic carbocycles. The highest BCUT2D eigenvalue weighted by Crippen LogP contribution is 2.23. The number of hydrogen-bond acceptors (Lipinski definition) is 3. The van der Waals surface area contributed by atoms with Crippen LogP contribution in [0.3, 0.4) is 0 Å². The standard InChI is InChI=1S/C16H17ClN2O2/c1-2-9-21-15-8-3-11(10-14(15)18)16(20)19-13-6-4-12(17)5-7-13/h3-8,10H,2,9,18H2,1H3,(H,19,20). The van der Waals surface area contributed by atoms with E-state index in [0.29, 0.717) is 34.3 Å². The molecule has 5 heteroatoms. The van der Waals surface area contributed by atoms with Gasteiger partial charge in [-0.3, -0.25) is 4.79 Å². The van der Waals surface area contributed by atoms with Crippen molar-refractivity contribution in [3.63, 3.8) is 0 Å². The molecule has 2 aromatic rings. The zero-order valence-electron chi connectivity index (χ0n) is 11.7. The Morgan fingerprint density at radius 1 is 1.24 bits per heavy atom. The van der Waals surface area contributed by atoms with Crippen molar-refractivity contribution < 1.29 is 9.53 Å². The first-order valence-corrected chi connectivity index (χ1v) is 7.07. The number of carbonyl (C=O) groups is 1. The predicted octanol–water partition coefficient (Wildman–Crippen LogP) is 3.96. The maximum atomic E-state index is 12.1. The van der Waals surface area contributed by atoms with E-state index in [2.05, 4.69) is 5.32 Å². The van der Waals surface area contributed by atoms with E-state index in [1.54, 1.807) is 42.5 Å². The zero-order chi connectivity index (χ0) is 15.2. The van der Waals surface area contributed by atoms with E-state index in [0.717, 1.165) is 6.42 Å². The zero-order valence-corrected chi connectivity index (χ0v) is 12.5. The molecule has 0 unspecified atom stereocenters. The number of halogens is 1. The molecule has 110 valence electrons. The first-order chi connectivity index (χ1) is 10.1. The highest BCUT2D eigenvalue weighted by Gasteiger charge is 2.09. The summed E-state index contributed by atoms with van der Waals surface area (Å²) in [5, 5.41) is 3.40. The lowest BCUT2D eigenvalue weighted by molar-refractivity contribution is 0.102. The molecular formula is C16H17ClN2O2. The smallest absolute Gasteiger partial charge is 0.255 e. The summed E-state index contributed by atoms with van der Waals surface area (Å²) in [5.41, 5.74) is 7.50. The SMILES string of the molecule is CCCOc1ccc(C(=O)Nc2ccc(Cl)cc2)cc1N. The third kappa shape index (κ3) is 4.13. The Hall–Kier alpha value is -2.20. The van der Waals surface area contributed by atoms with Gasteiger partial charge < -0.3 is 15.8 Å². The van der Waals surface area contributed by atoms with Gasteiger partial charge in [-0.15, -0.1) is 0 Å². The van der Waals surface area contributed by atoms with Crippen molar-refractivity contribution in [3.05, 3.63) is 53.1 Å². The maximum Gasteiger partial charge on any atom is 0.255 e. The molecule has 0 spiro atoms. The molecular weight excluding hydrogens is 288 g/mol. The molecule has 0 aliphatic carbocycles. The van der Waals surface area contributed by atoms with Gasteiger partial charge >= 0.3 is 0 Å². The number of carbonyl (C=O) groups excluding carboxylic acids is 1. The molecule has 21 heavy (non-hydrogen) atoms. The highest BCUT2D eigenvalue weighted by molar-refractivity contribution is 6.30. The monoisotopic (exact) mass is 304 g/mol. The number of nitrogen functional groups attached to an aromatic ring is 1. The molecule has 0 aromatic heterocycles. The number of nitrogens with one attached hydrogen (secondary N) is 1. The van der Waals surface area contributed by atoms with Crippen molar-refractivity contribution in [1.82, 2.24) is 0 Å². The number of rotatable bonds is 5. The van der Waals surface area contributed by atoms with Crippen molar-refractivity contribution >= 4 is 28.9 Å². The first-order valence-electron chi connectivity index (χ1n) is 6.69. The lowest BCUT2D eigenvalue weighted by atomic mass is 10.1. The van der Waals surface area contributed by atoms with Crippen LogP contribution in [0.25, 0.3) is 0 Å². The minimum absolute atomic E-state index is 0.230. The molecule has 3 N–H and O–H groups in total. The van der Waals surface area contributed by atoms with Crippen molar-refractivity contribution in [2.75, 3.05) is 17.7 Å². The summed E-state index contributed by atoms with van der Waals surface area (Å²) >= 11 is 5.80. The van der Waals surface area contributed by atoms with Gasteiger partial charge in [0.1, 0.15) is 5.75 Å². The highest BCUT2D eigenvalue weighted by atomic mass is 35.5. The normalized spacial score (nSPS) is 10.2. The van der Waals surface area contributed by atoms with Crippen LogP contribution in [-0.2, 0) is 0 Å². The molecule has 0 heterocycles. The van der Waals surface area contributed by atoms with Crippen molar-refractivity contribution in [2.24, 2.45) is 0 Å². The number of amides is 1. The van der Waals surface area contributed by atoms with Gasteiger partial charge in [0, 0.05) is 16.3 Å². The second-order valence-corrected chi connectivity index (χ2v) is 5.00. The van der Waals surface area contributed by atoms with Crippen LogP contribution in [0.15, 0.2) is 42.5 Å². The third-order valence-corrected chi connectivity index (χ3v) is 3.09. The number of ether oxygens (including phenoxy) is 1. The van der Waals surface area contributed by atoms with Crippen LogP contribution in [0, 0.1) is 0 Å². The molecule has 1 amide bonds. The van der Waals surface area contributed by atoms with E-state index in [9.17, 15) is 4.79 Å². The van der Waals surface area contributed by atoms with Gasteiger partial charge in [0.2, 0.25) is 0 Å². The Morgan fingerprint density at radius 2 is 1.95 bits per heavy atom. The Kier molecular flexibility index (Phi) is 5.06. The fourth-order valence-electron chi connectivity index (χ4n) is 1.77. The first kappa shape index (κ1) is 15.2. The quantitative estimate of drug-likeness (QED) is 0.822. The summed E-state index contributed by atoms with van der Waals surface area (Å²) in [6.45, 7) is 2.62. The van der Waals surface area contributed by atoms with Gasteiger partial charge in [-0.05, 0) is 48.9 Å². The second kappa shape index (κ2) is 6.99. The fourth-order valence-corrected chi connectivity index (χ4v) is 1.90. The molecule has 2 rings (SSSR count). The molecule has 0 saturated carbocycles. The number of nitrogens with two attached hydrogens (primary N) is 1. The van der Waals surface area contributed by atoms with Crippen LogP contribution in [-0.4, -0.2) is 12.5 Å². The summed E-state index contributed by atoms with van der Waals surface area (Å²) in [5.74, 6) is 0.367. The lowest BCUT2D eigenvalue weighted by Crippen LogP contribution is -2.12. The van der Waals surface area contributed by atoms with Gasteiger partial charge in [0.05, 0.1) is 12.3 Å². The van der Waals surface area contributed by atoms with Gasteiger partial charge in [-0.25, -0.2) is 0 Å². The number of benzene rings is 2. The number of hydrogen-bond donors (Lipinski definition) is 2. The van der Waals surface area contributed by atoms with E-state index in [-0.39, 0.29) is 5.91 Å². The molecule has 0 fully saturated rings. The van der Waals surface area contributed by atoms with E-state index in [1.807, 2.05) is 6.92 Å². The topological polar surface area (TPSA) is 64.3 Å². The average Bonchev–Trinajstić information content (AvgIpc) is 2.48. The van der Waals surface area contributed by atoms with E-state index in [1.165, 1.54) is 0 Å². The van der Waals surface area contributed by atoms with Crippen LogP contribution in [0.2, 0.25) is 5.02 Å². The Balaban J connectivity index is 2.08. The summed E-state index contributed by atoms with van der Waals surface area (Å²) in [4.78, 5) is 12.1. The minimum Gasteiger partial charge on any atom is -0.491 e. The molecule has 4 nitrogen and oxygen atoms in total.